The van der Waals surface area contributed by atoms with Crippen LogP contribution in [0.1, 0.15) is 15.9 Å². The van der Waals surface area contributed by atoms with Crippen molar-refractivity contribution in [2.24, 2.45) is 0 Å². The second-order valence-corrected chi connectivity index (χ2v) is 6.14. The minimum Gasteiger partial charge on any atom is -0.495 e. The number of nitrogens with zero attached hydrogens (tertiary/aromatic N) is 1. The number of halogens is 1. The number of hydrogen-bond donors (Lipinski definition) is 2. The minimum absolute atomic E-state index is 0.168. The second kappa shape index (κ2) is 7.89. The standard InChI is InChI=1S/C20H18ClN3O2/c1-13-4-3-5-14(10-13)20(25)24-16-7-9-19(22-12-16)23-15-6-8-18(26-2)17(21)11-15/h3-12H,1-2H3,(H,22,23)(H,24,25). The zero-order chi connectivity index (χ0) is 18.5. The van der Waals surface area contributed by atoms with Crippen LogP contribution < -0.4 is 15.4 Å². The molecular formula is C20H18ClN3O2. The molecule has 3 aromatic rings. The molecule has 6 heteroatoms. The molecule has 1 amide bonds. The summed E-state index contributed by atoms with van der Waals surface area (Å²) in [6.07, 6.45) is 1.60. The molecule has 0 spiro atoms. The minimum atomic E-state index is -0.168. The molecule has 2 aromatic carbocycles. The van der Waals surface area contributed by atoms with Crippen LogP contribution in [0.25, 0.3) is 0 Å². The number of carbonyl (C=O) groups is 1. The topological polar surface area (TPSA) is 63.2 Å². The quantitative estimate of drug-likeness (QED) is 0.662. The number of aromatic nitrogens is 1. The fourth-order valence-electron chi connectivity index (χ4n) is 2.42. The van der Waals surface area contributed by atoms with E-state index in [1.54, 1.807) is 43.6 Å². The highest BCUT2D eigenvalue weighted by molar-refractivity contribution is 6.32. The van der Waals surface area contributed by atoms with Crippen LogP contribution in [0.4, 0.5) is 17.2 Å². The van der Waals surface area contributed by atoms with Crippen molar-refractivity contribution in [3.8, 4) is 5.75 Å². The summed E-state index contributed by atoms with van der Waals surface area (Å²) < 4.78 is 5.13. The monoisotopic (exact) mass is 367 g/mol. The normalized spacial score (nSPS) is 10.3. The van der Waals surface area contributed by atoms with Crippen LogP contribution in [0, 0.1) is 6.92 Å². The molecule has 5 nitrogen and oxygen atoms in total. The highest BCUT2D eigenvalue weighted by Gasteiger charge is 2.07. The fraction of sp³-hybridized carbons (Fsp3) is 0.100. The lowest BCUT2D eigenvalue weighted by Crippen LogP contribution is -2.12. The molecule has 1 aromatic heterocycles. The number of benzene rings is 2. The molecule has 0 aliphatic rings. The maximum atomic E-state index is 12.3. The van der Waals surface area contributed by atoms with Crippen molar-refractivity contribution in [1.82, 2.24) is 4.98 Å². The van der Waals surface area contributed by atoms with E-state index < -0.39 is 0 Å². The second-order valence-electron chi connectivity index (χ2n) is 5.73. The largest absolute Gasteiger partial charge is 0.495 e. The van der Waals surface area contributed by atoms with E-state index in [0.29, 0.717) is 27.8 Å². The molecule has 0 saturated carbocycles. The number of anilines is 3. The van der Waals surface area contributed by atoms with Gasteiger partial charge in [-0.2, -0.15) is 0 Å². The van der Waals surface area contributed by atoms with E-state index in [4.69, 9.17) is 16.3 Å². The summed E-state index contributed by atoms with van der Waals surface area (Å²) in [4.78, 5) is 16.6. The van der Waals surface area contributed by atoms with Crippen molar-refractivity contribution < 1.29 is 9.53 Å². The molecular weight excluding hydrogens is 350 g/mol. The number of amides is 1. The molecule has 0 aliphatic carbocycles. The van der Waals surface area contributed by atoms with E-state index in [0.717, 1.165) is 11.3 Å². The van der Waals surface area contributed by atoms with Gasteiger partial charge in [0.25, 0.3) is 5.91 Å². The third-order valence-electron chi connectivity index (χ3n) is 3.73. The Balaban J connectivity index is 1.66. The highest BCUT2D eigenvalue weighted by atomic mass is 35.5. The summed E-state index contributed by atoms with van der Waals surface area (Å²) in [5, 5.41) is 6.50. The lowest BCUT2D eigenvalue weighted by atomic mass is 10.1. The summed E-state index contributed by atoms with van der Waals surface area (Å²) in [6.45, 7) is 1.95. The first-order chi connectivity index (χ1) is 12.5. The van der Waals surface area contributed by atoms with Crippen molar-refractivity contribution >= 4 is 34.7 Å². The number of rotatable bonds is 5. The van der Waals surface area contributed by atoms with E-state index in [9.17, 15) is 4.79 Å². The average Bonchev–Trinajstić information content (AvgIpc) is 2.63. The number of methoxy groups -OCH3 is 1. The SMILES string of the molecule is COc1ccc(Nc2ccc(NC(=O)c3cccc(C)c3)cn2)cc1Cl. The van der Waals surface area contributed by atoms with Gasteiger partial charge in [-0.3, -0.25) is 4.79 Å². The molecule has 26 heavy (non-hydrogen) atoms. The molecule has 0 fully saturated rings. The lowest BCUT2D eigenvalue weighted by Gasteiger charge is -2.10. The number of pyridine rings is 1. The van der Waals surface area contributed by atoms with Crippen molar-refractivity contribution in [3.63, 3.8) is 0 Å². The van der Waals surface area contributed by atoms with Gasteiger partial charge in [-0.05, 0) is 49.4 Å². The predicted octanol–water partition coefficient (Wildman–Crippen LogP) is 5.05. The Labute approximate surface area is 157 Å². The third kappa shape index (κ3) is 4.32. The van der Waals surface area contributed by atoms with E-state index in [2.05, 4.69) is 15.6 Å². The van der Waals surface area contributed by atoms with Gasteiger partial charge in [-0.1, -0.05) is 29.3 Å². The number of ether oxygens (including phenoxy) is 1. The summed E-state index contributed by atoms with van der Waals surface area (Å²) in [6, 6.07) is 16.4. The fourth-order valence-corrected chi connectivity index (χ4v) is 2.68. The summed E-state index contributed by atoms with van der Waals surface area (Å²) in [7, 11) is 1.57. The van der Waals surface area contributed by atoms with Crippen LogP contribution >= 0.6 is 11.6 Å². The number of nitrogens with one attached hydrogen (secondary N) is 2. The first kappa shape index (κ1) is 17.8. The van der Waals surface area contributed by atoms with Gasteiger partial charge in [0, 0.05) is 11.3 Å². The summed E-state index contributed by atoms with van der Waals surface area (Å²) in [5.74, 6) is 1.08. The maximum Gasteiger partial charge on any atom is 0.255 e. The number of hydrogen-bond acceptors (Lipinski definition) is 4. The third-order valence-corrected chi connectivity index (χ3v) is 4.02. The average molecular weight is 368 g/mol. The van der Waals surface area contributed by atoms with Crippen LogP contribution in [-0.2, 0) is 0 Å². The van der Waals surface area contributed by atoms with Crippen LogP contribution in [-0.4, -0.2) is 18.0 Å². The van der Waals surface area contributed by atoms with Crippen molar-refractivity contribution in [2.45, 2.75) is 6.92 Å². The molecule has 0 bridgehead atoms. The van der Waals surface area contributed by atoms with Gasteiger partial charge in [0.05, 0.1) is 24.0 Å². The van der Waals surface area contributed by atoms with Gasteiger partial charge in [0.2, 0.25) is 0 Å². The first-order valence-corrected chi connectivity index (χ1v) is 8.37. The van der Waals surface area contributed by atoms with Crippen LogP contribution in [0.3, 0.4) is 0 Å². The Morgan fingerprint density at radius 2 is 1.88 bits per heavy atom. The smallest absolute Gasteiger partial charge is 0.255 e. The zero-order valence-electron chi connectivity index (χ0n) is 14.4. The Hall–Kier alpha value is -3.05. The van der Waals surface area contributed by atoms with Gasteiger partial charge in [0.15, 0.2) is 0 Å². The van der Waals surface area contributed by atoms with Crippen molar-refractivity contribution in [2.75, 3.05) is 17.7 Å². The molecule has 0 unspecified atom stereocenters. The number of carbonyl (C=O) groups excluding carboxylic acids is 1. The Morgan fingerprint density at radius 3 is 2.54 bits per heavy atom. The molecule has 1 heterocycles. The zero-order valence-corrected chi connectivity index (χ0v) is 15.2. The molecule has 0 saturated heterocycles. The highest BCUT2D eigenvalue weighted by Crippen LogP contribution is 2.28. The Morgan fingerprint density at radius 1 is 1.08 bits per heavy atom. The van der Waals surface area contributed by atoms with Gasteiger partial charge < -0.3 is 15.4 Å². The molecule has 3 rings (SSSR count). The van der Waals surface area contributed by atoms with Gasteiger partial charge in [-0.15, -0.1) is 0 Å². The molecule has 2 N–H and O–H groups in total. The summed E-state index contributed by atoms with van der Waals surface area (Å²) >= 11 is 6.11. The van der Waals surface area contributed by atoms with Crippen LogP contribution in [0.2, 0.25) is 5.02 Å². The first-order valence-electron chi connectivity index (χ1n) is 8.00. The molecule has 132 valence electrons. The van der Waals surface area contributed by atoms with E-state index in [1.807, 2.05) is 31.2 Å². The van der Waals surface area contributed by atoms with Crippen molar-refractivity contribution in [3.05, 3.63) is 76.9 Å². The van der Waals surface area contributed by atoms with Gasteiger partial charge in [0.1, 0.15) is 11.6 Å². The Bertz CT molecular complexity index is 927. The van der Waals surface area contributed by atoms with Crippen LogP contribution in [0.15, 0.2) is 60.8 Å². The van der Waals surface area contributed by atoms with E-state index in [1.165, 1.54) is 0 Å². The number of aryl methyl sites for hydroxylation is 1. The lowest BCUT2D eigenvalue weighted by molar-refractivity contribution is 0.102. The molecule has 0 radical (unpaired) electrons. The van der Waals surface area contributed by atoms with E-state index >= 15 is 0 Å². The van der Waals surface area contributed by atoms with Crippen molar-refractivity contribution in [1.29, 1.82) is 0 Å². The Kier molecular flexibility index (Phi) is 5.39. The molecule has 0 atom stereocenters. The van der Waals surface area contributed by atoms with Gasteiger partial charge in [-0.25, -0.2) is 4.98 Å². The van der Waals surface area contributed by atoms with Gasteiger partial charge >= 0.3 is 0 Å². The predicted molar refractivity (Wildman–Crippen MR) is 105 cm³/mol. The molecule has 0 aliphatic heterocycles. The summed E-state index contributed by atoms with van der Waals surface area (Å²) in [5.41, 5.74) is 3.06. The van der Waals surface area contributed by atoms with Crippen LogP contribution in [0.5, 0.6) is 5.75 Å². The maximum absolute atomic E-state index is 12.3. The van der Waals surface area contributed by atoms with E-state index in [-0.39, 0.29) is 5.91 Å².